The average molecular weight is 354 g/mol. The van der Waals surface area contributed by atoms with Crippen molar-refractivity contribution in [3.8, 4) is 6.07 Å². The maximum atomic E-state index is 13.1. The summed E-state index contributed by atoms with van der Waals surface area (Å²) in [6, 6.07) is 20.8. The zero-order chi connectivity index (χ0) is 18.6. The Balaban J connectivity index is 1.59. The van der Waals surface area contributed by atoms with Crippen molar-refractivity contribution in [3.05, 3.63) is 83.6 Å². The maximum absolute atomic E-state index is 13.1. The van der Waals surface area contributed by atoms with Gasteiger partial charge in [-0.2, -0.15) is 5.26 Å². The molecule has 1 N–H and O–H groups in total. The van der Waals surface area contributed by atoms with Crippen LogP contribution in [0.2, 0.25) is 0 Å². The van der Waals surface area contributed by atoms with Crippen LogP contribution in [0.3, 0.4) is 0 Å². The van der Waals surface area contributed by atoms with Crippen molar-refractivity contribution in [1.29, 1.82) is 5.26 Å². The van der Waals surface area contributed by atoms with E-state index in [-0.39, 0.29) is 5.91 Å². The molecule has 2 heterocycles. The number of carbonyl (C=O) groups excluding carboxylic acids is 1. The number of benzene rings is 2. The van der Waals surface area contributed by atoms with Crippen LogP contribution >= 0.6 is 0 Å². The van der Waals surface area contributed by atoms with Crippen molar-refractivity contribution >= 4 is 23.1 Å². The van der Waals surface area contributed by atoms with E-state index >= 15 is 0 Å². The fourth-order valence-corrected chi connectivity index (χ4v) is 3.35. The Morgan fingerprint density at radius 3 is 2.89 bits per heavy atom. The lowest BCUT2D eigenvalue weighted by Gasteiger charge is -2.29. The Hall–Kier alpha value is -3.65. The minimum absolute atomic E-state index is 0.0293. The van der Waals surface area contributed by atoms with Gasteiger partial charge in [-0.1, -0.05) is 24.3 Å². The van der Waals surface area contributed by atoms with Gasteiger partial charge in [0.15, 0.2) is 0 Å². The number of aryl methyl sites for hydroxylation is 1. The molecule has 0 bridgehead atoms. The minimum atomic E-state index is -0.0293. The molecule has 132 valence electrons. The number of para-hydroxylation sites is 1. The molecule has 5 heteroatoms. The van der Waals surface area contributed by atoms with Crippen LogP contribution < -0.4 is 10.2 Å². The second kappa shape index (κ2) is 7.30. The standard InChI is InChI=1S/C22H18N4O/c23-15-16-5-3-8-19(13-16)25-21-14-18(10-11-24-21)22(27)26-12-4-7-17-6-1-2-9-20(17)26/h1-3,5-6,8-11,13-14H,4,7,12H2,(H,24,25). The van der Waals surface area contributed by atoms with Gasteiger partial charge in [0.2, 0.25) is 0 Å². The van der Waals surface area contributed by atoms with Gasteiger partial charge >= 0.3 is 0 Å². The number of nitrogens with one attached hydrogen (secondary N) is 1. The third-order valence-corrected chi connectivity index (χ3v) is 4.63. The quantitative estimate of drug-likeness (QED) is 0.762. The summed E-state index contributed by atoms with van der Waals surface area (Å²) in [7, 11) is 0. The van der Waals surface area contributed by atoms with Crippen molar-refractivity contribution in [1.82, 2.24) is 4.98 Å². The summed E-state index contributed by atoms with van der Waals surface area (Å²) in [5, 5.41) is 12.2. The highest BCUT2D eigenvalue weighted by Crippen LogP contribution is 2.28. The number of hydrogen-bond acceptors (Lipinski definition) is 4. The highest BCUT2D eigenvalue weighted by Gasteiger charge is 2.23. The smallest absolute Gasteiger partial charge is 0.258 e. The third-order valence-electron chi connectivity index (χ3n) is 4.63. The van der Waals surface area contributed by atoms with E-state index in [9.17, 15) is 4.79 Å². The summed E-state index contributed by atoms with van der Waals surface area (Å²) in [5.41, 5.74) is 4.10. The number of anilines is 3. The minimum Gasteiger partial charge on any atom is -0.340 e. The predicted molar refractivity (Wildman–Crippen MR) is 105 cm³/mol. The van der Waals surface area contributed by atoms with Crippen LogP contribution in [0, 0.1) is 11.3 Å². The van der Waals surface area contributed by atoms with Gasteiger partial charge < -0.3 is 10.2 Å². The highest BCUT2D eigenvalue weighted by molar-refractivity contribution is 6.07. The Kier molecular flexibility index (Phi) is 4.54. The van der Waals surface area contributed by atoms with Crippen LogP contribution in [0.25, 0.3) is 0 Å². The topological polar surface area (TPSA) is 69.0 Å². The van der Waals surface area contributed by atoms with Crippen molar-refractivity contribution in [3.63, 3.8) is 0 Å². The van der Waals surface area contributed by atoms with Gasteiger partial charge in [0.1, 0.15) is 5.82 Å². The van der Waals surface area contributed by atoms with Crippen LogP contribution in [0.5, 0.6) is 0 Å². The van der Waals surface area contributed by atoms with Gasteiger partial charge in [-0.3, -0.25) is 4.79 Å². The van der Waals surface area contributed by atoms with Crippen molar-refractivity contribution in [2.75, 3.05) is 16.8 Å². The Bertz CT molecular complexity index is 1040. The number of rotatable bonds is 3. The summed E-state index contributed by atoms with van der Waals surface area (Å²) in [6.45, 7) is 0.713. The molecule has 27 heavy (non-hydrogen) atoms. The van der Waals surface area contributed by atoms with E-state index in [1.165, 1.54) is 5.56 Å². The SMILES string of the molecule is N#Cc1cccc(Nc2cc(C(=O)N3CCCc4ccccc43)ccn2)c1. The second-order valence-corrected chi connectivity index (χ2v) is 6.44. The molecule has 4 rings (SSSR count). The summed E-state index contributed by atoms with van der Waals surface area (Å²) in [5.74, 6) is 0.541. The lowest BCUT2D eigenvalue weighted by molar-refractivity contribution is 0.0985. The number of carbonyl (C=O) groups is 1. The van der Waals surface area contributed by atoms with E-state index in [1.807, 2.05) is 29.2 Å². The maximum Gasteiger partial charge on any atom is 0.258 e. The lowest BCUT2D eigenvalue weighted by atomic mass is 10.0. The zero-order valence-electron chi connectivity index (χ0n) is 14.7. The molecule has 0 radical (unpaired) electrons. The van der Waals surface area contributed by atoms with Gasteiger partial charge in [0.25, 0.3) is 5.91 Å². The number of pyridine rings is 1. The molecule has 0 atom stereocenters. The molecule has 0 unspecified atom stereocenters. The van der Waals surface area contributed by atoms with Crippen molar-refractivity contribution in [2.24, 2.45) is 0 Å². The highest BCUT2D eigenvalue weighted by atomic mass is 16.2. The number of nitriles is 1. The zero-order valence-corrected chi connectivity index (χ0v) is 14.7. The monoisotopic (exact) mass is 354 g/mol. The molecular formula is C22H18N4O. The van der Waals surface area contributed by atoms with Crippen LogP contribution in [0.4, 0.5) is 17.2 Å². The number of hydrogen-bond donors (Lipinski definition) is 1. The molecule has 2 aromatic carbocycles. The Labute approximate surface area is 157 Å². The fourth-order valence-electron chi connectivity index (χ4n) is 3.35. The van der Waals surface area contributed by atoms with Gasteiger partial charge in [-0.05, 0) is 54.8 Å². The summed E-state index contributed by atoms with van der Waals surface area (Å²) >= 11 is 0. The Morgan fingerprint density at radius 1 is 1.11 bits per heavy atom. The van der Waals surface area contributed by atoms with E-state index in [2.05, 4.69) is 22.4 Å². The van der Waals surface area contributed by atoms with Crippen molar-refractivity contribution < 1.29 is 4.79 Å². The van der Waals surface area contributed by atoms with Crippen LogP contribution in [-0.2, 0) is 6.42 Å². The average Bonchev–Trinajstić information content (AvgIpc) is 2.73. The Morgan fingerprint density at radius 2 is 2.00 bits per heavy atom. The molecular weight excluding hydrogens is 336 g/mol. The second-order valence-electron chi connectivity index (χ2n) is 6.44. The van der Waals surface area contributed by atoms with Gasteiger partial charge in [0, 0.05) is 29.7 Å². The molecule has 1 amide bonds. The molecule has 1 aliphatic rings. The molecule has 0 aliphatic carbocycles. The van der Waals surface area contributed by atoms with Gasteiger partial charge in [-0.15, -0.1) is 0 Å². The van der Waals surface area contributed by atoms with Crippen molar-refractivity contribution in [2.45, 2.75) is 12.8 Å². The number of nitrogens with zero attached hydrogens (tertiary/aromatic N) is 3. The van der Waals surface area contributed by atoms with Crippen LogP contribution in [0.1, 0.15) is 27.9 Å². The normalized spacial score (nSPS) is 12.8. The molecule has 0 fully saturated rings. The third kappa shape index (κ3) is 3.51. The summed E-state index contributed by atoms with van der Waals surface area (Å²) < 4.78 is 0. The molecule has 5 nitrogen and oxygen atoms in total. The van der Waals surface area contributed by atoms with Gasteiger partial charge in [-0.25, -0.2) is 4.98 Å². The molecule has 0 saturated heterocycles. The summed E-state index contributed by atoms with van der Waals surface area (Å²) in [6.07, 6.45) is 3.58. The molecule has 1 aromatic heterocycles. The first-order chi connectivity index (χ1) is 13.2. The molecule has 0 saturated carbocycles. The van der Waals surface area contributed by atoms with Crippen LogP contribution in [-0.4, -0.2) is 17.4 Å². The van der Waals surface area contributed by atoms with E-state index in [0.717, 1.165) is 24.2 Å². The predicted octanol–water partition coefficient (Wildman–Crippen LogP) is 4.29. The first kappa shape index (κ1) is 16.8. The van der Waals surface area contributed by atoms with Crippen LogP contribution in [0.15, 0.2) is 66.9 Å². The van der Waals surface area contributed by atoms with E-state index in [1.54, 1.807) is 36.5 Å². The van der Waals surface area contributed by atoms with E-state index in [0.29, 0.717) is 23.5 Å². The number of amides is 1. The number of aromatic nitrogens is 1. The molecule has 1 aliphatic heterocycles. The molecule has 0 spiro atoms. The fraction of sp³-hybridized carbons (Fsp3) is 0.136. The number of fused-ring (bicyclic) bond motifs is 1. The largest absolute Gasteiger partial charge is 0.340 e. The molecule has 3 aromatic rings. The first-order valence-electron chi connectivity index (χ1n) is 8.87. The summed E-state index contributed by atoms with van der Waals surface area (Å²) in [4.78, 5) is 19.2. The first-order valence-corrected chi connectivity index (χ1v) is 8.87. The van der Waals surface area contributed by atoms with E-state index < -0.39 is 0 Å². The van der Waals surface area contributed by atoms with Gasteiger partial charge in [0.05, 0.1) is 11.6 Å². The van der Waals surface area contributed by atoms with E-state index in [4.69, 9.17) is 5.26 Å². The lowest BCUT2D eigenvalue weighted by Crippen LogP contribution is -2.35.